The van der Waals surface area contributed by atoms with Crippen molar-refractivity contribution < 1.29 is 4.39 Å². The zero-order chi connectivity index (χ0) is 16.2. The molecule has 0 saturated heterocycles. The maximum atomic E-state index is 14.8. The first kappa shape index (κ1) is 14.6. The predicted octanol–water partition coefficient (Wildman–Crippen LogP) is 6.71. The van der Waals surface area contributed by atoms with Crippen LogP contribution in [0.2, 0.25) is 0 Å². The summed E-state index contributed by atoms with van der Waals surface area (Å²) in [5.74, 6) is 0.0493. The van der Waals surface area contributed by atoms with Gasteiger partial charge in [0, 0.05) is 21.9 Å². The van der Waals surface area contributed by atoms with E-state index in [4.69, 9.17) is 0 Å². The summed E-state index contributed by atoms with van der Waals surface area (Å²) in [6.45, 7) is 6.72. The minimum atomic E-state index is -0.121. The summed E-state index contributed by atoms with van der Waals surface area (Å²) in [5, 5.41) is 2.06. The lowest BCUT2D eigenvalue weighted by atomic mass is 9.71. The molecule has 1 aromatic heterocycles. The monoisotopic (exact) mass is 322 g/mol. The summed E-state index contributed by atoms with van der Waals surface area (Å²) in [6, 6.07) is 16.1. The van der Waals surface area contributed by atoms with E-state index in [2.05, 4.69) is 62.5 Å². The molecule has 0 saturated carbocycles. The Hall–Kier alpha value is -1.93. The van der Waals surface area contributed by atoms with Crippen molar-refractivity contribution in [2.75, 3.05) is 0 Å². The van der Waals surface area contributed by atoms with E-state index < -0.39 is 0 Å². The molecule has 0 aliphatic heterocycles. The van der Waals surface area contributed by atoms with Gasteiger partial charge in [0.2, 0.25) is 0 Å². The molecule has 0 nitrogen and oxygen atoms in total. The molecule has 0 spiro atoms. The van der Waals surface area contributed by atoms with Gasteiger partial charge in [0.25, 0.3) is 0 Å². The highest BCUT2D eigenvalue weighted by atomic mass is 32.1. The molecule has 1 aliphatic rings. The van der Waals surface area contributed by atoms with E-state index in [0.29, 0.717) is 0 Å². The van der Waals surface area contributed by atoms with Gasteiger partial charge in [0.05, 0.1) is 0 Å². The van der Waals surface area contributed by atoms with Gasteiger partial charge in [-0.25, -0.2) is 4.39 Å². The molecular weight excluding hydrogens is 303 g/mol. The fourth-order valence-electron chi connectivity index (χ4n) is 3.84. The van der Waals surface area contributed by atoms with E-state index in [1.54, 1.807) is 17.4 Å². The van der Waals surface area contributed by atoms with Gasteiger partial charge in [-0.3, -0.25) is 0 Å². The Kier molecular flexibility index (Phi) is 3.21. The Morgan fingerprint density at radius 3 is 2.39 bits per heavy atom. The molecule has 1 heterocycles. The molecule has 1 unspecified atom stereocenters. The molecule has 3 aromatic rings. The van der Waals surface area contributed by atoms with E-state index in [-0.39, 0.29) is 17.2 Å². The van der Waals surface area contributed by atoms with Crippen LogP contribution in [-0.4, -0.2) is 0 Å². The fraction of sp³-hybridized carbons (Fsp3) is 0.238. The van der Waals surface area contributed by atoms with Crippen molar-refractivity contribution in [2.24, 2.45) is 5.41 Å². The minimum absolute atomic E-state index is 0.00673. The molecule has 0 N–H and O–H groups in total. The van der Waals surface area contributed by atoms with Crippen molar-refractivity contribution in [3.63, 3.8) is 0 Å². The van der Waals surface area contributed by atoms with Crippen LogP contribution in [0.15, 0.2) is 53.9 Å². The van der Waals surface area contributed by atoms with Gasteiger partial charge in [0.15, 0.2) is 0 Å². The highest BCUT2D eigenvalue weighted by molar-refractivity contribution is 7.14. The maximum Gasteiger partial charge on any atom is 0.131 e. The van der Waals surface area contributed by atoms with Gasteiger partial charge in [-0.2, -0.15) is 0 Å². The maximum absolute atomic E-state index is 14.8. The summed E-state index contributed by atoms with van der Waals surface area (Å²) in [6.07, 6.45) is 0. The number of rotatable bonds is 0. The van der Waals surface area contributed by atoms with Crippen molar-refractivity contribution >= 4 is 11.3 Å². The predicted molar refractivity (Wildman–Crippen MR) is 96.4 cm³/mol. The normalized spacial score (nSPS) is 16.3. The molecule has 0 fully saturated rings. The van der Waals surface area contributed by atoms with Gasteiger partial charge in [-0.1, -0.05) is 57.2 Å². The van der Waals surface area contributed by atoms with Gasteiger partial charge in [0.1, 0.15) is 5.82 Å². The summed E-state index contributed by atoms with van der Waals surface area (Å²) in [7, 11) is 0. The molecule has 0 amide bonds. The number of benzene rings is 2. The largest absolute Gasteiger partial charge is 0.206 e. The van der Waals surface area contributed by atoms with Crippen LogP contribution in [0.4, 0.5) is 4.39 Å². The summed E-state index contributed by atoms with van der Waals surface area (Å²) < 4.78 is 14.8. The zero-order valence-electron chi connectivity index (χ0n) is 13.6. The number of hydrogen-bond acceptors (Lipinski definition) is 1. The molecule has 0 radical (unpaired) electrons. The van der Waals surface area contributed by atoms with Gasteiger partial charge >= 0.3 is 0 Å². The fourth-order valence-corrected chi connectivity index (χ4v) is 4.79. The molecular formula is C21H19FS. The summed E-state index contributed by atoms with van der Waals surface area (Å²) in [4.78, 5) is 1.18. The minimum Gasteiger partial charge on any atom is -0.206 e. The zero-order valence-corrected chi connectivity index (χ0v) is 14.4. The van der Waals surface area contributed by atoms with E-state index in [0.717, 1.165) is 16.7 Å². The van der Waals surface area contributed by atoms with Crippen molar-refractivity contribution in [1.82, 2.24) is 0 Å². The number of halogens is 1. The quantitative estimate of drug-likeness (QED) is 0.431. The van der Waals surface area contributed by atoms with Crippen LogP contribution >= 0.6 is 11.3 Å². The second-order valence-electron chi connectivity index (χ2n) is 7.25. The van der Waals surface area contributed by atoms with Crippen molar-refractivity contribution in [2.45, 2.75) is 26.7 Å². The number of hydrogen-bond donors (Lipinski definition) is 0. The molecule has 2 heteroatoms. The lowest BCUT2D eigenvalue weighted by molar-refractivity contribution is 0.359. The van der Waals surface area contributed by atoms with Crippen LogP contribution < -0.4 is 0 Å². The Balaban J connectivity index is 2.18. The first-order valence-electron chi connectivity index (χ1n) is 7.94. The van der Waals surface area contributed by atoms with Crippen molar-refractivity contribution in [3.8, 4) is 21.6 Å². The van der Waals surface area contributed by atoms with Crippen LogP contribution in [0.5, 0.6) is 0 Å². The average molecular weight is 322 g/mol. The van der Waals surface area contributed by atoms with Crippen LogP contribution in [0.25, 0.3) is 21.6 Å². The number of fused-ring (bicyclic) bond motifs is 5. The Morgan fingerprint density at radius 2 is 1.61 bits per heavy atom. The average Bonchev–Trinajstić information content (AvgIpc) is 2.91. The van der Waals surface area contributed by atoms with E-state index in [1.807, 2.05) is 6.07 Å². The third-order valence-electron chi connectivity index (χ3n) is 4.67. The molecule has 1 aliphatic carbocycles. The molecule has 0 bridgehead atoms. The van der Waals surface area contributed by atoms with Crippen molar-refractivity contribution in [1.29, 1.82) is 0 Å². The lowest BCUT2D eigenvalue weighted by Crippen LogP contribution is -2.20. The third kappa shape index (κ3) is 2.16. The second-order valence-corrected chi connectivity index (χ2v) is 8.17. The highest BCUT2D eigenvalue weighted by Gasteiger charge is 2.35. The highest BCUT2D eigenvalue weighted by Crippen LogP contribution is 2.53. The summed E-state index contributed by atoms with van der Waals surface area (Å²) >= 11 is 1.70. The number of thiophene rings is 1. The van der Waals surface area contributed by atoms with Crippen LogP contribution in [0.3, 0.4) is 0 Å². The molecule has 116 valence electrons. The first-order chi connectivity index (χ1) is 11.0. The Labute approximate surface area is 140 Å². The smallest absolute Gasteiger partial charge is 0.131 e. The topological polar surface area (TPSA) is 0 Å². The molecule has 2 aromatic carbocycles. The lowest BCUT2D eigenvalue weighted by Gasteiger charge is -2.33. The summed E-state index contributed by atoms with van der Waals surface area (Å²) in [5.41, 5.74) is 5.46. The van der Waals surface area contributed by atoms with Gasteiger partial charge in [-0.15, -0.1) is 11.3 Å². The molecule has 1 atom stereocenters. The van der Waals surface area contributed by atoms with E-state index in [1.165, 1.54) is 16.0 Å². The van der Waals surface area contributed by atoms with E-state index >= 15 is 0 Å². The SMILES string of the molecule is CC(C)(C)C1c2ccccc2-c2sccc2-c2c(F)cccc21. The van der Waals surface area contributed by atoms with Gasteiger partial charge in [-0.05, 0) is 39.6 Å². The molecule has 23 heavy (non-hydrogen) atoms. The van der Waals surface area contributed by atoms with E-state index in [9.17, 15) is 4.39 Å². The van der Waals surface area contributed by atoms with Crippen LogP contribution in [-0.2, 0) is 0 Å². The van der Waals surface area contributed by atoms with Crippen molar-refractivity contribution in [3.05, 3.63) is 70.9 Å². The van der Waals surface area contributed by atoms with Crippen LogP contribution in [0, 0.1) is 11.2 Å². The van der Waals surface area contributed by atoms with Gasteiger partial charge < -0.3 is 0 Å². The second kappa shape index (κ2) is 5.04. The Morgan fingerprint density at radius 1 is 0.870 bits per heavy atom. The standard InChI is InChI=1S/C21H19FS/c1-21(2,3)19-13-7-4-5-8-14(13)20-16(11-12-23-20)18-15(19)9-6-10-17(18)22/h4-12,19H,1-3H3. The first-order valence-corrected chi connectivity index (χ1v) is 8.82. The molecule has 4 rings (SSSR count). The Bertz CT molecular complexity index is 883. The third-order valence-corrected chi connectivity index (χ3v) is 5.62. The van der Waals surface area contributed by atoms with Crippen LogP contribution in [0.1, 0.15) is 37.8 Å².